The topological polar surface area (TPSA) is 43.8 Å². The summed E-state index contributed by atoms with van der Waals surface area (Å²) in [6, 6.07) is 7.22. The number of aliphatic hydroxyl groups is 1. The lowest BCUT2D eigenvalue weighted by molar-refractivity contribution is 0.0295. The average molecular weight is 351 g/mol. The number of amides is 1. The summed E-state index contributed by atoms with van der Waals surface area (Å²) in [6.45, 7) is 4.41. The minimum atomic E-state index is -0.469. The van der Waals surface area contributed by atoms with Crippen LogP contribution in [-0.2, 0) is 0 Å². The highest BCUT2D eigenvalue weighted by Crippen LogP contribution is 2.29. The van der Waals surface area contributed by atoms with E-state index in [1.54, 1.807) is 24.3 Å². The van der Waals surface area contributed by atoms with Gasteiger partial charge in [0, 0.05) is 29.7 Å². The van der Waals surface area contributed by atoms with Gasteiger partial charge in [-0.3, -0.25) is 9.69 Å². The van der Waals surface area contributed by atoms with Gasteiger partial charge < -0.3 is 10.0 Å². The lowest BCUT2D eigenvalue weighted by Gasteiger charge is -2.39. The molecule has 4 nitrogen and oxygen atoms in total. The highest BCUT2D eigenvalue weighted by molar-refractivity contribution is 6.30. The second-order valence-corrected chi connectivity index (χ2v) is 7.43. The fourth-order valence-corrected chi connectivity index (χ4v) is 4.19. The molecule has 0 aromatic heterocycles. The number of hydrogen-bond acceptors (Lipinski definition) is 3. The number of likely N-dealkylation sites (N-methyl/N-ethyl adjacent to an activating group) is 1. The zero-order valence-electron chi connectivity index (χ0n) is 14.3. The van der Waals surface area contributed by atoms with Crippen molar-refractivity contribution in [3.63, 3.8) is 0 Å². The van der Waals surface area contributed by atoms with Crippen molar-refractivity contribution < 1.29 is 9.90 Å². The first-order chi connectivity index (χ1) is 11.6. The van der Waals surface area contributed by atoms with Gasteiger partial charge in [0.25, 0.3) is 5.91 Å². The minimum absolute atomic E-state index is 0.0283. The lowest BCUT2D eigenvalue weighted by Crippen LogP contribution is -2.52. The molecule has 1 aliphatic heterocycles. The summed E-state index contributed by atoms with van der Waals surface area (Å²) in [5, 5.41) is 11.2. The molecule has 0 radical (unpaired) electrons. The van der Waals surface area contributed by atoms with E-state index in [-0.39, 0.29) is 18.0 Å². The summed E-state index contributed by atoms with van der Waals surface area (Å²) < 4.78 is 0. The number of benzene rings is 1. The molecule has 1 saturated heterocycles. The molecule has 1 heterocycles. The predicted octanol–water partition coefficient (Wildman–Crippen LogP) is 3.18. The third-order valence-corrected chi connectivity index (χ3v) is 5.68. The monoisotopic (exact) mass is 350 g/mol. The fourth-order valence-electron chi connectivity index (χ4n) is 4.07. The third kappa shape index (κ3) is 3.76. The summed E-state index contributed by atoms with van der Waals surface area (Å²) in [7, 11) is 0. The molecular formula is C19H27ClN2O2. The van der Waals surface area contributed by atoms with Gasteiger partial charge in [0.05, 0.1) is 12.1 Å². The Kier molecular flexibility index (Phi) is 5.80. The van der Waals surface area contributed by atoms with Gasteiger partial charge in [-0.15, -0.1) is 0 Å². The molecule has 1 N–H and O–H groups in total. The largest absolute Gasteiger partial charge is 0.390 e. The van der Waals surface area contributed by atoms with Crippen LogP contribution >= 0.6 is 11.6 Å². The Balaban J connectivity index is 1.86. The van der Waals surface area contributed by atoms with Gasteiger partial charge in [0.1, 0.15) is 0 Å². The molecule has 5 heteroatoms. The van der Waals surface area contributed by atoms with Crippen molar-refractivity contribution in [2.24, 2.45) is 0 Å². The Morgan fingerprint density at radius 2 is 1.88 bits per heavy atom. The lowest BCUT2D eigenvalue weighted by atomic mass is 9.92. The van der Waals surface area contributed by atoms with E-state index >= 15 is 0 Å². The van der Waals surface area contributed by atoms with Crippen molar-refractivity contribution in [1.82, 2.24) is 9.80 Å². The van der Waals surface area contributed by atoms with Crippen LogP contribution in [-0.4, -0.2) is 58.6 Å². The highest BCUT2D eigenvalue weighted by atomic mass is 35.5. The maximum absolute atomic E-state index is 13.2. The summed E-state index contributed by atoms with van der Waals surface area (Å²) in [6.07, 6.45) is 5.17. The summed E-state index contributed by atoms with van der Waals surface area (Å²) in [5.74, 6) is 0.0283. The van der Waals surface area contributed by atoms with Gasteiger partial charge in [-0.05, 0) is 43.7 Å². The molecular weight excluding hydrogens is 324 g/mol. The molecule has 1 aliphatic carbocycles. The number of rotatable bonds is 4. The number of β-amino-alcohol motifs (C(OH)–C–C–N with tert-alkyl or cyclic N) is 1. The summed E-state index contributed by atoms with van der Waals surface area (Å²) in [4.78, 5) is 17.4. The molecule has 1 amide bonds. The number of carbonyl (C=O) groups is 1. The van der Waals surface area contributed by atoms with Crippen LogP contribution in [0.5, 0.6) is 0 Å². The normalized spacial score (nSPS) is 25.8. The van der Waals surface area contributed by atoms with Crippen LogP contribution in [0.4, 0.5) is 0 Å². The van der Waals surface area contributed by atoms with E-state index in [9.17, 15) is 9.90 Å². The van der Waals surface area contributed by atoms with Gasteiger partial charge in [-0.25, -0.2) is 0 Å². The number of halogens is 1. The first-order valence-corrected chi connectivity index (χ1v) is 9.46. The first-order valence-electron chi connectivity index (χ1n) is 9.08. The van der Waals surface area contributed by atoms with Gasteiger partial charge >= 0.3 is 0 Å². The molecule has 132 valence electrons. The van der Waals surface area contributed by atoms with E-state index in [1.165, 1.54) is 6.42 Å². The molecule has 3 rings (SSSR count). The van der Waals surface area contributed by atoms with E-state index in [1.807, 2.05) is 4.90 Å². The van der Waals surface area contributed by atoms with Crippen LogP contribution in [0.1, 0.15) is 49.4 Å². The van der Waals surface area contributed by atoms with Crippen LogP contribution in [0.3, 0.4) is 0 Å². The number of nitrogens with zero attached hydrogens (tertiary/aromatic N) is 2. The maximum atomic E-state index is 13.2. The zero-order chi connectivity index (χ0) is 17.1. The molecule has 1 saturated carbocycles. The highest BCUT2D eigenvalue weighted by Gasteiger charge is 2.40. The molecule has 1 aromatic rings. The van der Waals surface area contributed by atoms with E-state index in [0.29, 0.717) is 17.1 Å². The average Bonchev–Trinajstić information content (AvgIpc) is 2.97. The molecule has 2 fully saturated rings. The van der Waals surface area contributed by atoms with Crippen molar-refractivity contribution >= 4 is 17.5 Å². The van der Waals surface area contributed by atoms with E-state index in [2.05, 4.69) is 11.8 Å². The number of likely N-dealkylation sites (tertiary alicyclic amines) is 1. The number of carbonyl (C=O) groups excluding carboxylic acids is 1. The van der Waals surface area contributed by atoms with Crippen molar-refractivity contribution in [3.05, 3.63) is 34.9 Å². The van der Waals surface area contributed by atoms with Crippen LogP contribution in [0.25, 0.3) is 0 Å². The number of hydrogen-bond donors (Lipinski definition) is 1. The van der Waals surface area contributed by atoms with Crippen LogP contribution < -0.4 is 0 Å². The smallest absolute Gasteiger partial charge is 0.254 e. The molecule has 0 bridgehead atoms. The Morgan fingerprint density at radius 1 is 1.21 bits per heavy atom. The summed E-state index contributed by atoms with van der Waals surface area (Å²) in [5.41, 5.74) is 0.659. The van der Waals surface area contributed by atoms with Gasteiger partial charge in [0.15, 0.2) is 0 Å². The second kappa shape index (κ2) is 7.85. The van der Waals surface area contributed by atoms with Crippen molar-refractivity contribution in [2.75, 3.05) is 19.6 Å². The van der Waals surface area contributed by atoms with Gasteiger partial charge in [-0.1, -0.05) is 37.8 Å². The van der Waals surface area contributed by atoms with Crippen LogP contribution in [0.2, 0.25) is 5.02 Å². The number of aliphatic hydroxyl groups excluding tert-OH is 1. The molecule has 2 aliphatic rings. The molecule has 2 unspecified atom stereocenters. The third-order valence-electron chi connectivity index (χ3n) is 5.43. The summed E-state index contributed by atoms with van der Waals surface area (Å²) >= 11 is 5.96. The SMILES string of the molecule is CCN1CC(O)C(N(C(=O)c2ccc(Cl)cc2)C2CCCCC2)C1. The fraction of sp³-hybridized carbons (Fsp3) is 0.632. The quantitative estimate of drug-likeness (QED) is 0.907. The van der Waals surface area contributed by atoms with Crippen molar-refractivity contribution in [2.45, 2.75) is 57.2 Å². The Hall–Kier alpha value is -1.10. The Bertz CT molecular complexity index is 557. The van der Waals surface area contributed by atoms with Crippen LogP contribution in [0, 0.1) is 0 Å². The second-order valence-electron chi connectivity index (χ2n) is 7.00. The van der Waals surface area contributed by atoms with E-state index < -0.39 is 6.10 Å². The van der Waals surface area contributed by atoms with Gasteiger partial charge in [-0.2, -0.15) is 0 Å². The first kappa shape index (κ1) is 17.7. The molecule has 24 heavy (non-hydrogen) atoms. The Labute approximate surface area is 149 Å². The van der Waals surface area contributed by atoms with E-state index in [4.69, 9.17) is 11.6 Å². The molecule has 0 spiro atoms. The molecule has 1 aromatic carbocycles. The van der Waals surface area contributed by atoms with Gasteiger partial charge in [0.2, 0.25) is 0 Å². The zero-order valence-corrected chi connectivity index (χ0v) is 15.1. The Morgan fingerprint density at radius 3 is 2.46 bits per heavy atom. The maximum Gasteiger partial charge on any atom is 0.254 e. The molecule has 2 atom stereocenters. The van der Waals surface area contributed by atoms with E-state index in [0.717, 1.165) is 38.8 Å². The predicted molar refractivity (Wildman–Crippen MR) is 96.4 cm³/mol. The van der Waals surface area contributed by atoms with Crippen molar-refractivity contribution in [3.8, 4) is 0 Å². The van der Waals surface area contributed by atoms with Crippen LogP contribution in [0.15, 0.2) is 24.3 Å². The minimum Gasteiger partial charge on any atom is -0.390 e. The standard InChI is InChI=1S/C19H27ClN2O2/c1-2-21-12-17(18(23)13-21)22(16-6-4-3-5-7-16)19(24)14-8-10-15(20)11-9-14/h8-11,16-18,23H,2-7,12-13H2,1H3. The van der Waals surface area contributed by atoms with Crippen molar-refractivity contribution in [1.29, 1.82) is 0 Å².